The molecular formula is C7H15N3O2S2. The normalized spacial score (nSPS) is 13.7. The van der Waals surface area contributed by atoms with Gasteiger partial charge in [-0.2, -0.15) is 12.6 Å². The Labute approximate surface area is 92.9 Å². The standard InChI is InChI=1S/C7H15N3O2S2/c1-2-14-5(3-6(11)12)10-7(8)9-4-13/h5,13H,2-4H2,1H3,(H,11,12)(H3,8,9,10). The Kier molecular flexibility index (Phi) is 7.50. The van der Waals surface area contributed by atoms with E-state index in [1.54, 1.807) is 0 Å². The lowest BCUT2D eigenvalue weighted by Gasteiger charge is -2.15. The second kappa shape index (κ2) is 7.81. The Morgan fingerprint density at radius 2 is 2.43 bits per heavy atom. The molecule has 7 heteroatoms. The van der Waals surface area contributed by atoms with Gasteiger partial charge in [-0.15, -0.1) is 11.8 Å². The van der Waals surface area contributed by atoms with E-state index in [-0.39, 0.29) is 23.6 Å². The zero-order chi connectivity index (χ0) is 11.0. The van der Waals surface area contributed by atoms with Crippen LogP contribution < -0.4 is 11.1 Å². The highest BCUT2D eigenvalue weighted by atomic mass is 32.2. The van der Waals surface area contributed by atoms with Crippen molar-refractivity contribution >= 4 is 36.3 Å². The number of nitrogens with one attached hydrogen (secondary N) is 1. The molecule has 0 aliphatic carbocycles. The van der Waals surface area contributed by atoms with Crippen LogP contribution in [0.15, 0.2) is 4.99 Å². The predicted octanol–water partition coefficient (Wildman–Crippen LogP) is 0.332. The molecule has 0 heterocycles. The molecule has 0 aliphatic rings. The van der Waals surface area contributed by atoms with Crippen LogP contribution in [0.1, 0.15) is 13.3 Å². The number of hydrogen-bond donors (Lipinski definition) is 4. The van der Waals surface area contributed by atoms with E-state index in [1.807, 2.05) is 6.92 Å². The third-order valence-electron chi connectivity index (χ3n) is 1.28. The SMILES string of the molecule is CCSC(CC(=O)O)NC(N)=NCS. The highest BCUT2D eigenvalue weighted by molar-refractivity contribution is 7.99. The quantitative estimate of drug-likeness (QED) is 0.231. The lowest BCUT2D eigenvalue weighted by Crippen LogP contribution is -2.39. The minimum Gasteiger partial charge on any atom is -0.481 e. The van der Waals surface area contributed by atoms with Crippen molar-refractivity contribution in [2.75, 3.05) is 11.6 Å². The van der Waals surface area contributed by atoms with Crippen LogP contribution in [0.25, 0.3) is 0 Å². The van der Waals surface area contributed by atoms with Gasteiger partial charge in [0.25, 0.3) is 0 Å². The Bertz CT molecular complexity index is 211. The molecule has 0 aromatic carbocycles. The number of guanidine groups is 1. The molecule has 0 spiro atoms. The topological polar surface area (TPSA) is 87.7 Å². The second-order valence-electron chi connectivity index (χ2n) is 2.37. The third kappa shape index (κ3) is 6.90. The maximum absolute atomic E-state index is 10.5. The van der Waals surface area contributed by atoms with E-state index in [4.69, 9.17) is 10.8 Å². The number of carbonyl (C=O) groups is 1. The van der Waals surface area contributed by atoms with E-state index in [1.165, 1.54) is 11.8 Å². The molecule has 0 radical (unpaired) electrons. The monoisotopic (exact) mass is 237 g/mol. The Morgan fingerprint density at radius 3 is 2.86 bits per heavy atom. The molecule has 0 bridgehead atoms. The second-order valence-corrected chi connectivity index (χ2v) is 4.13. The Morgan fingerprint density at radius 1 is 1.79 bits per heavy atom. The van der Waals surface area contributed by atoms with Gasteiger partial charge in [0.2, 0.25) is 0 Å². The molecule has 14 heavy (non-hydrogen) atoms. The van der Waals surface area contributed by atoms with Gasteiger partial charge in [0.15, 0.2) is 5.96 Å². The fourth-order valence-corrected chi connectivity index (χ4v) is 1.82. The lowest BCUT2D eigenvalue weighted by molar-refractivity contribution is -0.137. The number of carboxylic acid groups (broad SMARTS) is 1. The summed E-state index contributed by atoms with van der Waals surface area (Å²) in [5, 5.41) is 11.2. The fraction of sp³-hybridized carbons (Fsp3) is 0.714. The van der Waals surface area contributed by atoms with Crippen LogP contribution >= 0.6 is 24.4 Å². The Balaban J connectivity index is 4.07. The molecular weight excluding hydrogens is 222 g/mol. The number of thioether (sulfide) groups is 1. The molecule has 5 nitrogen and oxygen atoms in total. The summed E-state index contributed by atoms with van der Waals surface area (Å²) < 4.78 is 0. The van der Waals surface area contributed by atoms with Crippen LogP contribution in [-0.4, -0.2) is 34.0 Å². The van der Waals surface area contributed by atoms with Crippen LogP contribution in [0.3, 0.4) is 0 Å². The average Bonchev–Trinajstić information content (AvgIpc) is 2.03. The molecule has 82 valence electrons. The first-order valence-corrected chi connectivity index (χ1v) is 5.79. The molecule has 0 saturated carbocycles. The average molecular weight is 237 g/mol. The number of nitrogens with zero attached hydrogens (tertiary/aromatic N) is 1. The zero-order valence-electron chi connectivity index (χ0n) is 7.93. The van der Waals surface area contributed by atoms with E-state index < -0.39 is 5.97 Å². The molecule has 0 rings (SSSR count). The molecule has 1 unspecified atom stereocenters. The first-order chi connectivity index (χ1) is 6.60. The van der Waals surface area contributed by atoms with E-state index in [2.05, 4.69) is 22.9 Å². The summed E-state index contributed by atoms with van der Waals surface area (Å²) in [7, 11) is 0. The van der Waals surface area contributed by atoms with Gasteiger partial charge in [-0.1, -0.05) is 6.92 Å². The van der Waals surface area contributed by atoms with Crippen LogP contribution in [0.4, 0.5) is 0 Å². The van der Waals surface area contributed by atoms with Crippen molar-refractivity contribution < 1.29 is 9.90 Å². The van der Waals surface area contributed by atoms with Crippen LogP contribution in [-0.2, 0) is 4.79 Å². The molecule has 0 aliphatic heterocycles. The number of rotatable bonds is 6. The molecule has 1 atom stereocenters. The van der Waals surface area contributed by atoms with Crippen LogP contribution in [0, 0.1) is 0 Å². The number of aliphatic imine (C=N–C) groups is 1. The largest absolute Gasteiger partial charge is 0.481 e. The summed E-state index contributed by atoms with van der Waals surface area (Å²) in [5.41, 5.74) is 5.47. The van der Waals surface area contributed by atoms with Gasteiger partial charge in [0.1, 0.15) is 0 Å². The molecule has 0 aromatic heterocycles. The molecule has 0 saturated heterocycles. The highest BCUT2D eigenvalue weighted by Gasteiger charge is 2.12. The number of carboxylic acids is 1. The molecule has 4 N–H and O–H groups in total. The maximum atomic E-state index is 10.5. The maximum Gasteiger partial charge on any atom is 0.306 e. The van der Waals surface area contributed by atoms with Gasteiger partial charge in [0, 0.05) is 0 Å². The summed E-state index contributed by atoms with van der Waals surface area (Å²) in [6, 6.07) is 0. The number of aliphatic carboxylic acids is 1. The fourth-order valence-electron chi connectivity index (χ4n) is 0.798. The number of nitrogens with two attached hydrogens (primary N) is 1. The molecule has 0 amide bonds. The van der Waals surface area contributed by atoms with Gasteiger partial charge >= 0.3 is 5.97 Å². The summed E-state index contributed by atoms with van der Waals surface area (Å²) in [6.07, 6.45) is 0.0152. The lowest BCUT2D eigenvalue weighted by atomic mass is 10.4. The Hall–Kier alpha value is -0.560. The minimum atomic E-state index is -0.859. The van der Waals surface area contributed by atoms with Crippen molar-refractivity contribution in [1.82, 2.24) is 5.32 Å². The van der Waals surface area contributed by atoms with Gasteiger partial charge in [0.05, 0.1) is 17.7 Å². The first-order valence-electron chi connectivity index (χ1n) is 4.10. The smallest absolute Gasteiger partial charge is 0.306 e. The predicted molar refractivity (Wildman–Crippen MR) is 62.8 cm³/mol. The first kappa shape index (κ1) is 13.4. The van der Waals surface area contributed by atoms with Crippen molar-refractivity contribution in [3.8, 4) is 0 Å². The highest BCUT2D eigenvalue weighted by Crippen LogP contribution is 2.10. The van der Waals surface area contributed by atoms with Crippen molar-refractivity contribution in [2.24, 2.45) is 10.7 Å². The molecule has 0 aromatic rings. The van der Waals surface area contributed by atoms with Gasteiger partial charge in [-0.25, -0.2) is 4.99 Å². The van der Waals surface area contributed by atoms with Crippen molar-refractivity contribution in [2.45, 2.75) is 18.7 Å². The number of hydrogen-bond acceptors (Lipinski definition) is 4. The van der Waals surface area contributed by atoms with Gasteiger partial charge in [-0.3, -0.25) is 4.79 Å². The zero-order valence-corrected chi connectivity index (χ0v) is 9.65. The van der Waals surface area contributed by atoms with Crippen molar-refractivity contribution in [3.63, 3.8) is 0 Å². The summed E-state index contributed by atoms with van der Waals surface area (Å²) in [6.45, 7) is 1.95. The summed E-state index contributed by atoms with van der Waals surface area (Å²) in [5.74, 6) is 0.475. The van der Waals surface area contributed by atoms with E-state index >= 15 is 0 Å². The van der Waals surface area contributed by atoms with Crippen LogP contribution in [0.5, 0.6) is 0 Å². The minimum absolute atomic E-state index is 0.0152. The summed E-state index contributed by atoms with van der Waals surface area (Å²) in [4.78, 5) is 14.3. The van der Waals surface area contributed by atoms with Crippen molar-refractivity contribution in [1.29, 1.82) is 0 Å². The summed E-state index contributed by atoms with van der Waals surface area (Å²) >= 11 is 5.35. The van der Waals surface area contributed by atoms with Gasteiger partial charge in [-0.05, 0) is 5.75 Å². The van der Waals surface area contributed by atoms with E-state index in [0.29, 0.717) is 0 Å². The van der Waals surface area contributed by atoms with Crippen LogP contribution in [0.2, 0.25) is 0 Å². The third-order valence-corrected chi connectivity index (χ3v) is 2.44. The number of thiol groups is 1. The van der Waals surface area contributed by atoms with Crippen molar-refractivity contribution in [3.05, 3.63) is 0 Å². The molecule has 0 fully saturated rings. The van der Waals surface area contributed by atoms with E-state index in [0.717, 1.165) is 5.75 Å². The van der Waals surface area contributed by atoms with E-state index in [9.17, 15) is 4.79 Å². The van der Waals surface area contributed by atoms with Gasteiger partial charge < -0.3 is 16.2 Å².